The molecule has 0 aliphatic heterocycles. The van der Waals surface area contributed by atoms with E-state index in [2.05, 4.69) is 5.43 Å². The van der Waals surface area contributed by atoms with Crippen LogP contribution in [0.25, 0.3) is 0 Å². The molecule has 1 aromatic carbocycles. The number of rotatable bonds is 4. The second kappa shape index (κ2) is 4.91. The molecule has 1 aromatic rings. The molecule has 3 N–H and O–H groups in total. The molecule has 1 rings (SSSR count). The van der Waals surface area contributed by atoms with E-state index in [1.165, 1.54) is 19.9 Å². The van der Waals surface area contributed by atoms with E-state index in [1.807, 2.05) is 0 Å². The summed E-state index contributed by atoms with van der Waals surface area (Å²) < 4.78 is 48.2. The van der Waals surface area contributed by atoms with Gasteiger partial charge in [-0.25, -0.2) is 17.2 Å². The van der Waals surface area contributed by atoms with Crippen molar-refractivity contribution in [2.45, 2.75) is 24.6 Å². The summed E-state index contributed by atoms with van der Waals surface area (Å²) in [5, 5.41) is 0. The van der Waals surface area contributed by atoms with Gasteiger partial charge in [0.05, 0.1) is 10.8 Å². The second-order valence-electron chi connectivity index (χ2n) is 4.65. The van der Waals surface area contributed by atoms with E-state index >= 15 is 0 Å². The molecule has 0 saturated heterocycles. The highest BCUT2D eigenvalue weighted by atomic mass is 32.2. The molecular formula is C11H16F2N2O2S. The van der Waals surface area contributed by atoms with Crippen LogP contribution in [0.5, 0.6) is 0 Å². The number of hydrazine groups is 1. The summed E-state index contributed by atoms with van der Waals surface area (Å²) in [5.41, 5.74) is 2.61. The fourth-order valence-electron chi connectivity index (χ4n) is 1.60. The molecule has 102 valence electrons. The minimum absolute atomic E-state index is 0.270. The molecule has 4 nitrogen and oxygen atoms in total. The lowest BCUT2D eigenvalue weighted by atomic mass is 9.95. The molecule has 0 bridgehead atoms. The Morgan fingerprint density at radius 2 is 1.83 bits per heavy atom. The van der Waals surface area contributed by atoms with Crippen molar-refractivity contribution in [3.8, 4) is 0 Å². The van der Waals surface area contributed by atoms with Crippen molar-refractivity contribution in [2.75, 3.05) is 6.26 Å². The van der Waals surface area contributed by atoms with Crippen molar-refractivity contribution in [1.82, 2.24) is 5.43 Å². The van der Waals surface area contributed by atoms with Crippen LogP contribution in [0.3, 0.4) is 0 Å². The first-order valence-corrected chi connectivity index (χ1v) is 7.11. The fraction of sp³-hybridized carbons (Fsp3) is 0.455. The van der Waals surface area contributed by atoms with Crippen molar-refractivity contribution in [1.29, 1.82) is 0 Å². The minimum atomic E-state index is -3.44. The Bertz CT molecular complexity index is 544. The summed E-state index contributed by atoms with van der Waals surface area (Å²) in [7, 11) is -3.44. The standard InChI is InChI=1S/C11H16F2N2O2S/c1-11(2,18(3,16)17)10(15-14)7-4-5-8(12)9(13)6-7/h4-6,10,15H,14H2,1-3H3. The topological polar surface area (TPSA) is 72.2 Å². The molecule has 0 fully saturated rings. The largest absolute Gasteiger partial charge is 0.271 e. The molecule has 0 saturated carbocycles. The highest BCUT2D eigenvalue weighted by molar-refractivity contribution is 7.92. The monoisotopic (exact) mass is 278 g/mol. The highest BCUT2D eigenvalue weighted by Gasteiger charge is 2.39. The Morgan fingerprint density at radius 3 is 2.22 bits per heavy atom. The van der Waals surface area contributed by atoms with Crippen LogP contribution >= 0.6 is 0 Å². The van der Waals surface area contributed by atoms with Gasteiger partial charge in [-0.15, -0.1) is 0 Å². The van der Waals surface area contributed by atoms with Crippen LogP contribution in [-0.2, 0) is 9.84 Å². The molecule has 0 aliphatic rings. The minimum Gasteiger partial charge on any atom is -0.271 e. The average molecular weight is 278 g/mol. The fourth-order valence-corrected chi connectivity index (χ4v) is 2.24. The van der Waals surface area contributed by atoms with Gasteiger partial charge in [-0.2, -0.15) is 0 Å². The lowest BCUT2D eigenvalue weighted by Gasteiger charge is -2.32. The SMILES string of the molecule is CC(C)(C(NN)c1ccc(F)c(F)c1)S(C)(=O)=O. The van der Waals surface area contributed by atoms with Crippen LogP contribution < -0.4 is 11.3 Å². The van der Waals surface area contributed by atoms with Crippen LogP contribution in [-0.4, -0.2) is 19.4 Å². The Labute approximate surface area is 105 Å². The first kappa shape index (κ1) is 15.0. The molecule has 0 heterocycles. The maximum atomic E-state index is 13.2. The first-order chi connectivity index (χ1) is 8.11. The number of nitrogens with one attached hydrogen (secondary N) is 1. The number of nitrogens with two attached hydrogens (primary N) is 1. The van der Waals surface area contributed by atoms with Crippen LogP contribution in [0, 0.1) is 11.6 Å². The van der Waals surface area contributed by atoms with Gasteiger partial charge in [-0.1, -0.05) is 6.07 Å². The van der Waals surface area contributed by atoms with Crippen molar-refractivity contribution in [2.24, 2.45) is 5.84 Å². The summed E-state index contributed by atoms with van der Waals surface area (Å²) in [6.07, 6.45) is 1.07. The Kier molecular flexibility index (Phi) is 4.09. The van der Waals surface area contributed by atoms with Crippen LogP contribution in [0.4, 0.5) is 8.78 Å². The number of benzene rings is 1. The zero-order valence-electron chi connectivity index (χ0n) is 10.4. The van der Waals surface area contributed by atoms with Gasteiger partial charge in [-0.05, 0) is 31.5 Å². The average Bonchev–Trinajstić information content (AvgIpc) is 2.22. The Balaban J connectivity index is 3.30. The predicted molar refractivity (Wildman–Crippen MR) is 65.3 cm³/mol. The molecule has 18 heavy (non-hydrogen) atoms. The number of hydrogen-bond acceptors (Lipinski definition) is 4. The predicted octanol–water partition coefficient (Wildman–Crippen LogP) is 1.29. The summed E-state index contributed by atoms with van der Waals surface area (Å²) >= 11 is 0. The van der Waals surface area contributed by atoms with Gasteiger partial charge in [0.15, 0.2) is 21.5 Å². The summed E-state index contributed by atoms with van der Waals surface area (Å²) in [6, 6.07) is 2.33. The van der Waals surface area contributed by atoms with E-state index in [1.54, 1.807) is 0 Å². The van der Waals surface area contributed by atoms with Gasteiger partial charge in [0.25, 0.3) is 0 Å². The van der Waals surface area contributed by atoms with Crippen LogP contribution in [0.1, 0.15) is 25.5 Å². The maximum absolute atomic E-state index is 13.2. The normalized spacial score (nSPS) is 14.6. The molecule has 1 atom stereocenters. The van der Waals surface area contributed by atoms with E-state index in [0.29, 0.717) is 0 Å². The van der Waals surface area contributed by atoms with Crippen LogP contribution in [0.15, 0.2) is 18.2 Å². The van der Waals surface area contributed by atoms with Crippen molar-refractivity contribution >= 4 is 9.84 Å². The second-order valence-corrected chi connectivity index (χ2v) is 7.25. The van der Waals surface area contributed by atoms with E-state index < -0.39 is 32.3 Å². The van der Waals surface area contributed by atoms with Crippen molar-refractivity contribution < 1.29 is 17.2 Å². The zero-order valence-corrected chi connectivity index (χ0v) is 11.2. The lowest BCUT2D eigenvalue weighted by Crippen LogP contribution is -2.47. The number of hydrogen-bond donors (Lipinski definition) is 2. The van der Waals surface area contributed by atoms with Crippen LogP contribution in [0.2, 0.25) is 0 Å². The summed E-state index contributed by atoms with van der Waals surface area (Å²) in [4.78, 5) is 0. The van der Waals surface area contributed by atoms with Gasteiger partial charge in [0, 0.05) is 6.26 Å². The highest BCUT2D eigenvalue weighted by Crippen LogP contribution is 2.32. The van der Waals surface area contributed by atoms with E-state index in [4.69, 9.17) is 5.84 Å². The lowest BCUT2D eigenvalue weighted by molar-refractivity contribution is 0.423. The molecule has 0 spiro atoms. The molecule has 7 heteroatoms. The third-order valence-corrected chi connectivity index (χ3v) is 5.24. The van der Waals surface area contributed by atoms with Crippen molar-refractivity contribution in [3.63, 3.8) is 0 Å². The van der Waals surface area contributed by atoms with Crippen molar-refractivity contribution in [3.05, 3.63) is 35.4 Å². The molecule has 1 unspecified atom stereocenters. The summed E-state index contributed by atoms with van der Waals surface area (Å²) in [6.45, 7) is 2.93. The number of halogens is 2. The smallest absolute Gasteiger partial charge is 0.159 e. The number of sulfone groups is 1. The third kappa shape index (κ3) is 2.68. The summed E-state index contributed by atoms with van der Waals surface area (Å²) in [5.74, 6) is 3.31. The van der Waals surface area contributed by atoms with Gasteiger partial charge in [0.2, 0.25) is 0 Å². The Hall–Kier alpha value is -1.05. The van der Waals surface area contributed by atoms with Gasteiger partial charge in [-0.3, -0.25) is 11.3 Å². The molecular weight excluding hydrogens is 262 g/mol. The molecule has 0 aliphatic carbocycles. The maximum Gasteiger partial charge on any atom is 0.159 e. The molecule has 0 radical (unpaired) electrons. The van der Waals surface area contributed by atoms with E-state index in [9.17, 15) is 17.2 Å². The molecule has 0 aromatic heterocycles. The quantitative estimate of drug-likeness (QED) is 0.643. The van der Waals surface area contributed by atoms with Gasteiger partial charge in [0.1, 0.15) is 0 Å². The Morgan fingerprint density at radius 1 is 1.28 bits per heavy atom. The van der Waals surface area contributed by atoms with Gasteiger partial charge < -0.3 is 0 Å². The first-order valence-electron chi connectivity index (χ1n) is 5.22. The van der Waals surface area contributed by atoms with Gasteiger partial charge >= 0.3 is 0 Å². The third-order valence-electron chi connectivity index (χ3n) is 3.09. The van der Waals surface area contributed by atoms with E-state index in [-0.39, 0.29) is 5.56 Å². The zero-order chi connectivity index (χ0) is 14.1. The van der Waals surface area contributed by atoms with E-state index in [0.717, 1.165) is 18.4 Å². The molecule has 0 amide bonds.